The summed E-state index contributed by atoms with van der Waals surface area (Å²) >= 11 is 0. The lowest BCUT2D eigenvalue weighted by Crippen LogP contribution is -2.31. The van der Waals surface area contributed by atoms with Gasteiger partial charge in [-0.1, -0.05) is 55.9 Å². The second-order valence-electron chi connectivity index (χ2n) is 8.04. The minimum atomic E-state index is -0.528. The van der Waals surface area contributed by atoms with Crippen molar-refractivity contribution in [3.05, 3.63) is 88.4 Å². The molecule has 0 aliphatic carbocycles. The minimum absolute atomic E-state index is 0.144. The van der Waals surface area contributed by atoms with E-state index in [-0.39, 0.29) is 17.3 Å². The summed E-state index contributed by atoms with van der Waals surface area (Å²) in [4.78, 5) is 20.7. The van der Waals surface area contributed by atoms with Crippen LogP contribution in [-0.2, 0) is 12.5 Å². The van der Waals surface area contributed by atoms with Crippen LogP contribution >= 0.6 is 0 Å². The Balaban J connectivity index is 2.01. The predicted octanol–water partition coefficient (Wildman–Crippen LogP) is 3.20. The summed E-state index contributed by atoms with van der Waals surface area (Å²) in [5, 5.41) is 4.28. The van der Waals surface area contributed by atoms with E-state index in [0.29, 0.717) is 17.4 Å². The lowest BCUT2D eigenvalue weighted by Gasteiger charge is -2.31. The van der Waals surface area contributed by atoms with Gasteiger partial charge in [0.05, 0.1) is 5.41 Å². The number of pyridine rings is 1. The molecule has 3 rings (SSSR count). The second-order valence-corrected chi connectivity index (χ2v) is 8.04. The highest BCUT2D eigenvalue weighted by atomic mass is 16.5. The zero-order valence-electron chi connectivity index (χ0n) is 18.7. The molecule has 32 heavy (non-hydrogen) atoms. The van der Waals surface area contributed by atoms with E-state index in [1.165, 1.54) is 16.8 Å². The molecule has 0 saturated carbocycles. The van der Waals surface area contributed by atoms with Gasteiger partial charge in [0.25, 0.3) is 11.4 Å². The highest BCUT2D eigenvalue weighted by Crippen LogP contribution is 2.38. The molecule has 1 unspecified atom stereocenters. The molecule has 8 heteroatoms. The molecule has 1 atom stereocenters. The zero-order chi connectivity index (χ0) is 23.5. The maximum atomic E-state index is 12.0. The van der Waals surface area contributed by atoms with Gasteiger partial charge in [-0.25, -0.2) is 4.99 Å². The molecule has 8 nitrogen and oxygen atoms in total. The first kappa shape index (κ1) is 22.7. The molecule has 1 aromatic carbocycles. The van der Waals surface area contributed by atoms with Crippen molar-refractivity contribution in [3.63, 3.8) is 0 Å². The van der Waals surface area contributed by atoms with Crippen molar-refractivity contribution in [1.82, 2.24) is 14.7 Å². The predicted molar refractivity (Wildman–Crippen MR) is 127 cm³/mol. The third-order valence-corrected chi connectivity index (χ3v) is 5.82. The SMILES string of the molecule is C=C(N)/N=C\C(=C/N)c1ccc(C(C)(c2noc(-c3cccc(=O)n3C)n2)C(C)C)cc1. The third-order valence-electron chi connectivity index (χ3n) is 5.82. The number of benzene rings is 1. The Morgan fingerprint density at radius 1 is 1.25 bits per heavy atom. The summed E-state index contributed by atoms with van der Waals surface area (Å²) in [6.07, 6.45) is 3.05. The number of nitrogens with zero attached hydrogens (tertiary/aromatic N) is 4. The normalized spacial score (nSPS) is 14.1. The van der Waals surface area contributed by atoms with Crippen molar-refractivity contribution in [3.8, 4) is 11.6 Å². The highest BCUT2D eigenvalue weighted by Gasteiger charge is 2.37. The van der Waals surface area contributed by atoms with Crippen LogP contribution in [0, 0.1) is 5.92 Å². The molecule has 2 aromatic heterocycles. The van der Waals surface area contributed by atoms with E-state index in [4.69, 9.17) is 16.0 Å². The van der Waals surface area contributed by atoms with Crippen molar-refractivity contribution in [2.45, 2.75) is 26.2 Å². The Morgan fingerprint density at radius 3 is 2.53 bits per heavy atom. The van der Waals surface area contributed by atoms with Gasteiger partial charge in [0.1, 0.15) is 11.5 Å². The first-order valence-corrected chi connectivity index (χ1v) is 10.2. The van der Waals surface area contributed by atoms with Gasteiger partial charge in [-0.05, 0) is 30.0 Å². The topological polar surface area (TPSA) is 125 Å². The molecule has 0 bridgehead atoms. The maximum Gasteiger partial charge on any atom is 0.274 e. The van der Waals surface area contributed by atoms with E-state index in [0.717, 1.165) is 16.7 Å². The number of hydrogen-bond acceptors (Lipinski definition) is 7. The number of nitrogens with two attached hydrogens (primary N) is 2. The molecule has 0 aliphatic heterocycles. The summed E-state index contributed by atoms with van der Waals surface area (Å²) in [5.41, 5.74) is 13.8. The second kappa shape index (κ2) is 9.05. The Hall–Kier alpha value is -3.94. The van der Waals surface area contributed by atoms with E-state index in [2.05, 4.69) is 42.5 Å². The molecule has 2 heterocycles. The summed E-state index contributed by atoms with van der Waals surface area (Å²) in [5.74, 6) is 1.21. The van der Waals surface area contributed by atoms with E-state index < -0.39 is 5.41 Å². The van der Waals surface area contributed by atoms with Crippen LogP contribution in [0.15, 0.2) is 75.4 Å². The molecule has 166 valence electrons. The first-order valence-electron chi connectivity index (χ1n) is 10.2. The summed E-state index contributed by atoms with van der Waals surface area (Å²) in [7, 11) is 1.67. The molecule has 0 spiro atoms. The Kier molecular flexibility index (Phi) is 6.43. The van der Waals surface area contributed by atoms with E-state index in [1.807, 2.05) is 24.3 Å². The van der Waals surface area contributed by atoms with Crippen molar-refractivity contribution in [2.24, 2.45) is 29.4 Å². The number of hydrogen-bond donors (Lipinski definition) is 2. The molecule has 4 N–H and O–H groups in total. The Bertz CT molecular complexity index is 1230. The van der Waals surface area contributed by atoms with Gasteiger partial charge in [-0.2, -0.15) is 4.98 Å². The van der Waals surface area contributed by atoms with Gasteiger partial charge in [0, 0.05) is 31.1 Å². The van der Waals surface area contributed by atoms with E-state index in [1.54, 1.807) is 25.4 Å². The Morgan fingerprint density at radius 2 is 1.94 bits per heavy atom. The summed E-state index contributed by atoms with van der Waals surface area (Å²) in [6, 6.07) is 12.9. The molecular weight excluding hydrogens is 404 g/mol. The number of aliphatic imine (C=N–C) groups is 1. The van der Waals surface area contributed by atoms with Crippen LogP contribution in [-0.4, -0.2) is 20.9 Å². The molecule has 3 aromatic rings. The van der Waals surface area contributed by atoms with Gasteiger partial charge in [-0.3, -0.25) is 4.79 Å². The average Bonchev–Trinajstić information content (AvgIpc) is 3.26. The first-order chi connectivity index (χ1) is 15.2. The van der Waals surface area contributed by atoms with Crippen LogP contribution in [0.4, 0.5) is 0 Å². The molecule has 0 fully saturated rings. The van der Waals surface area contributed by atoms with Gasteiger partial charge in [0.15, 0.2) is 5.82 Å². The minimum Gasteiger partial charge on any atom is -0.404 e. The molecule has 0 radical (unpaired) electrons. The van der Waals surface area contributed by atoms with Crippen LogP contribution in [0.25, 0.3) is 17.2 Å². The van der Waals surface area contributed by atoms with Crippen molar-refractivity contribution in [1.29, 1.82) is 0 Å². The van der Waals surface area contributed by atoms with Crippen molar-refractivity contribution < 1.29 is 4.52 Å². The van der Waals surface area contributed by atoms with Gasteiger partial charge in [-0.15, -0.1) is 0 Å². The van der Waals surface area contributed by atoms with E-state index in [9.17, 15) is 4.79 Å². The highest BCUT2D eigenvalue weighted by molar-refractivity contribution is 6.09. The van der Waals surface area contributed by atoms with Crippen LogP contribution < -0.4 is 17.0 Å². The van der Waals surface area contributed by atoms with Crippen molar-refractivity contribution >= 4 is 11.8 Å². The van der Waals surface area contributed by atoms with E-state index >= 15 is 0 Å². The fourth-order valence-electron chi connectivity index (χ4n) is 3.41. The van der Waals surface area contributed by atoms with Crippen LogP contribution in [0.5, 0.6) is 0 Å². The summed E-state index contributed by atoms with van der Waals surface area (Å²) in [6.45, 7) is 9.84. The quantitative estimate of drug-likeness (QED) is 0.552. The van der Waals surface area contributed by atoms with Crippen LogP contribution in [0.1, 0.15) is 37.7 Å². The number of aromatic nitrogens is 3. The van der Waals surface area contributed by atoms with Gasteiger partial charge < -0.3 is 20.6 Å². The van der Waals surface area contributed by atoms with Crippen LogP contribution in [0.2, 0.25) is 0 Å². The fraction of sp³-hybridized carbons (Fsp3) is 0.250. The molecule has 0 saturated heterocycles. The maximum absolute atomic E-state index is 12.0. The average molecular weight is 433 g/mol. The number of allylic oxidation sites excluding steroid dienone is 1. The largest absolute Gasteiger partial charge is 0.404 e. The van der Waals surface area contributed by atoms with Gasteiger partial charge >= 0.3 is 0 Å². The van der Waals surface area contributed by atoms with Gasteiger partial charge in [0.2, 0.25) is 0 Å². The summed E-state index contributed by atoms with van der Waals surface area (Å²) < 4.78 is 7.04. The molecular formula is C24H28N6O2. The lowest BCUT2D eigenvalue weighted by atomic mass is 9.72. The fourth-order valence-corrected chi connectivity index (χ4v) is 3.41. The molecule has 0 aliphatic rings. The zero-order valence-corrected chi connectivity index (χ0v) is 18.7. The number of rotatable bonds is 7. The third kappa shape index (κ3) is 4.25. The monoisotopic (exact) mass is 432 g/mol. The lowest BCUT2D eigenvalue weighted by molar-refractivity contribution is 0.350. The molecule has 0 amide bonds. The van der Waals surface area contributed by atoms with Crippen molar-refractivity contribution in [2.75, 3.05) is 0 Å². The standard InChI is InChI=1S/C24H28N6O2/c1-15(2)24(4,19-11-9-17(10-12-19)18(13-25)14-27-16(3)26)23-28-22(32-29-23)20-7-6-8-21(31)30(20)5/h6-15H,3,25-26H2,1-2,4-5H3/b18-13+,27-14-. The Labute approximate surface area is 187 Å². The smallest absolute Gasteiger partial charge is 0.274 e. The van der Waals surface area contributed by atoms with Crippen LogP contribution in [0.3, 0.4) is 0 Å².